The van der Waals surface area contributed by atoms with Crippen molar-refractivity contribution in [2.45, 2.75) is 19.9 Å². The van der Waals surface area contributed by atoms with Gasteiger partial charge in [-0.05, 0) is 19.4 Å². The fourth-order valence-corrected chi connectivity index (χ4v) is 2.14. The minimum Gasteiger partial charge on any atom is -0.481 e. The van der Waals surface area contributed by atoms with Gasteiger partial charge < -0.3 is 15.3 Å². The largest absolute Gasteiger partial charge is 0.481 e. The average molecular weight is 266 g/mol. The number of hydrogen-bond acceptors (Lipinski definition) is 3. The van der Waals surface area contributed by atoms with Crippen molar-refractivity contribution in [2.24, 2.45) is 12.5 Å². The molecule has 104 valence electrons. The molecule has 7 nitrogen and oxygen atoms in total. The van der Waals surface area contributed by atoms with E-state index in [-0.39, 0.29) is 12.6 Å². The lowest BCUT2D eigenvalue weighted by atomic mass is 9.90. The van der Waals surface area contributed by atoms with Gasteiger partial charge in [-0.2, -0.15) is 5.10 Å². The van der Waals surface area contributed by atoms with Gasteiger partial charge in [0.25, 0.3) is 0 Å². The summed E-state index contributed by atoms with van der Waals surface area (Å²) in [6.07, 6.45) is 2.29. The molecule has 0 aromatic carbocycles. The highest BCUT2D eigenvalue weighted by atomic mass is 16.4. The maximum Gasteiger partial charge on any atom is 0.317 e. The second kappa shape index (κ2) is 4.91. The molecule has 0 spiro atoms. The van der Waals surface area contributed by atoms with E-state index in [1.807, 2.05) is 13.1 Å². The maximum absolute atomic E-state index is 11.9. The Morgan fingerprint density at radius 3 is 2.84 bits per heavy atom. The highest BCUT2D eigenvalue weighted by molar-refractivity contribution is 5.79. The number of nitrogens with one attached hydrogen (secondary N) is 1. The lowest BCUT2D eigenvalue weighted by Gasteiger charge is -2.20. The van der Waals surface area contributed by atoms with E-state index in [0.717, 1.165) is 5.69 Å². The summed E-state index contributed by atoms with van der Waals surface area (Å²) in [5.41, 5.74) is -0.0569. The Labute approximate surface area is 111 Å². The molecular weight excluding hydrogens is 248 g/mol. The van der Waals surface area contributed by atoms with E-state index in [1.165, 1.54) is 4.90 Å². The van der Waals surface area contributed by atoms with Crippen molar-refractivity contribution in [3.63, 3.8) is 0 Å². The third kappa shape index (κ3) is 2.86. The second-order valence-corrected chi connectivity index (χ2v) is 5.18. The summed E-state index contributed by atoms with van der Waals surface area (Å²) in [5.74, 6) is -0.854. The molecule has 1 fully saturated rings. The van der Waals surface area contributed by atoms with Crippen molar-refractivity contribution in [3.05, 3.63) is 18.0 Å². The van der Waals surface area contributed by atoms with E-state index in [1.54, 1.807) is 17.8 Å². The van der Waals surface area contributed by atoms with Gasteiger partial charge in [0, 0.05) is 26.3 Å². The zero-order chi connectivity index (χ0) is 14.0. The third-order valence-corrected chi connectivity index (χ3v) is 3.47. The van der Waals surface area contributed by atoms with Gasteiger partial charge in [0.05, 0.1) is 17.7 Å². The molecular formula is C12H18N4O3. The SMILES string of the molecule is Cn1ccc(CNC(=O)N2CCC(C)(C(=O)O)C2)n1. The van der Waals surface area contributed by atoms with E-state index in [2.05, 4.69) is 10.4 Å². The zero-order valence-electron chi connectivity index (χ0n) is 11.1. The zero-order valence-corrected chi connectivity index (χ0v) is 11.1. The number of carbonyl (C=O) groups is 2. The Morgan fingerprint density at radius 1 is 1.58 bits per heavy atom. The van der Waals surface area contributed by atoms with Crippen LogP contribution in [0.5, 0.6) is 0 Å². The summed E-state index contributed by atoms with van der Waals surface area (Å²) in [4.78, 5) is 24.6. The Hall–Kier alpha value is -2.05. The molecule has 2 N–H and O–H groups in total. The van der Waals surface area contributed by atoms with Crippen molar-refractivity contribution in [2.75, 3.05) is 13.1 Å². The molecule has 1 aliphatic rings. The fourth-order valence-electron chi connectivity index (χ4n) is 2.14. The van der Waals surface area contributed by atoms with Crippen molar-refractivity contribution < 1.29 is 14.7 Å². The predicted octanol–water partition coefficient (Wildman–Crippen LogP) is 0.426. The molecule has 0 bridgehead atoms. The molecule has 0 aliphatic carbocycles. The summed E-state index contributed by atoms with van der Waals surface area (Å²) in [7, 11) is 1.81. The molecule has 2 heterocycles. The molecule has 7 heteroatoms. The molecule has 0 radical (unpaired) electrons. The van der Waals surface area contributed by atoms with Crippen molar-refractivity contribution in [3.8, 4) is 0 Å². The number of hydrogen-bond donors (Lipinski definition) is 2. The monoisotopic (exact) mass is 266 g/mol. The topological polar surface area (TPSA) is 87.5 Å². The minimum atomic E-state index is -0.854. The van der Waals surface area contributed by atoms with Crippen molar-refractivity contribution >= 4 is 12.0 Å². The molecule has 19 heavy (non-hydrogen) atoms. The van der Waals surface area contributed by atoms with Gasteiger partial charge in [0.15, 0.2) is 0 Å². The summed E-state index contributed by atoms with van der Waals surface area (Å²) < 4.78 is 1.67. The Bertz CT molecular complexity index is 499. The Morgan fingerprint density at radius 2 is 2.32 bits per heavy atom. The first-order chi connectivity index (χ1) is 8.90. The summed E-state index contributed by atoms with van der Waals surface area (Å²) in [5, 5.41) is 16.0. The molecule has 2 amide bonds. The van der Waals surface area contributed by atoms with Gasteiger partial charge in [-0.3, -0.25) is 9.48 Å². The van der Waals surface area contributed by atoms with Crippen LogP contribution in [0.25, 0.3) is 0 Å². The van der Waals surface area contributed by atoms with Crippen LogP contribution in [0.4, 0.5) is 4.79 Å². The predicted molar refractivity (Wildman–Crippen MR) is 67.4 cm³/mol. The van der Waals surface area contributed by atoms with Crippen LogP contribution in [-0.4, -0.2) is 44.9 Å². The number of likely N-dealkylation sites (tertiary alicyclic amines) is 1. The minimum absolute atomic E-state index is 0.240. The first kappa shape index (κ1) is 13.4. The number of amides is 2. The van der Waals surface area contributed by atoms with E-state index >= 15 is 0 Å². The van der Waals surface area contributed by atoms with Gasteiger partial charge in [-0.25, -0.2) is 4.79 Å². The van der Waals surface area contributed by atoms with Crippen molar-refractivity contribution in [1.82, 2.24) is 20.0 Å². The van der Waals surface area contributed by atoms with E-state index < -0.39 is 11.4 Å². The number of aliphatic carboxylic acids is 1. The third-order valence-electron chi connectivity index (χ3n) is 3.47. The Balaban J connectivity index is 1.86. The van der Waals surface area contributed by atoms with Crippen LogP contribution in [0, 0.1) is 5.41 Å². The number of urea groups is 1. The molecule has 1 aromatic rings. The normalized spacial score (nSPS) is 22.5. The van der Waals surface area contributed by atoms with Crippen LogP contribution in [-0.2, 0) is 18.4 Å². The van der Waals surface area contributed by atoms with Gasteiger partial charge in [-0.15, -0.1) is 0 Å². The number of nitrogens with zero attached hydrogens (tertiary/aromatic N) is 3. The van der Waals surface area contributed by atoms with Crippen molar-refractivity contribution in [1.29, 1.82) is 0 Å². The molecule has 1 unspecified atom stereocenters. The van der Waals surface area contributed by atoms with Gasteiger partial charge in [0.1, 0.15) is 0 Å². The standard InChI is InChI=1S/C12H18N4O3/c1-12(10(17)18)4-6-16(8-12)11(19)13-7-9-3-5-15(2)14-9/h3,5H,4,6-8H2,1-2H3,(H,13,19)(H,17,18). The van der Waals surface area contributed by atoms with E-state index in [4.69, 9.17) is 5.11 Å². The average Bonchev–Trinajstić information content (AvgIpc) is 2.94. The number of carbonyl (C=O) groups excluding carboxylic acids is 1. The van der Waals surface area contributed by atoms with Crippen LogP contribution in [0.2, 0.25) is 0 Å². The van der Waals surface area contributed by atoms with Crippen LogP contribution in [0.3, 0.4) is 0 Å². The fraction of sp³-hybridized carbons (Fsp3) is 0.583. The number of rotatable bonds is 3. The number of aromatic nitrogens is 2. The van der Waals surface area contributed by atoms with Crippen LogP contribution in [0.15, 0.2) is 12.3 Å². The highest BCUT2D eigenvalue weighted by Gasteiger charge is 2.42. The number of carboxylic acids is 1. The lowest BCUT2D eigenvalue weighted by Crippen LogP contribution is -2.40. The lowest BCUT2D eigenvalue weighted by molar-refractivity contribution is -0.146. The maximum atomic E-state index is 11.9. The summed E-state index contributed by atoms with van der Waals surface area (Å²) in [6, 6.07) is 1.58. The van der Waals surface area contributed by atoms with E-state index in [0.29, 0.717) is 19.5 Å². The first-order valence-corrected chi connectivity index (χ1v) is 6.15. The van der Waals surface area contributed by atoms with Crippen LogP contribution in [0.1, 0.15) is 19.0 Å². The van der Waals surface area contributed by atoms with Crippen LogP contribution < -0.4 is 5.32 Å². The number of carboxylic acid groups (broad SMARTS) is 1. The Kier molecular flexibility index (Phi) is 3.46. The second-order valence-electron chi connectivity index (χ2n) is 5.18. The smallest absolute Gasteiger partial charge is 0.317 e. The highest BCUT2D eigenvalue weighted by Crippen LogP contribution is 2.29. The van der Waals surface area contributed by atoms with E-state index in [9.17, 15) is 9.59 Å². The number of aryl methyl sites for hydroxylation is 1. The summed E-state index contributed by atoms with van der Waals surface area (Å²) in [6.45, 7) is 2.73. The van der Waals surface area contributed by atoms with Gasteiger partial charge in [-0.1, -0.05) is 0 Å². The molecule has 1 aromatic heterocycles. The molecule has 2 rings (SSSR count). The molecule has 1 saturated heterocycles. The quantitative estimate of drug-likeness (QED) is 0.830. The summed E-state index contributed by atoms with van der Waals surface area (Å²) >= 11 is 0. The van der Waals surface area contributed by atoms with Gasteiger partial charge >= 0.3 is 12.0 Å². The molecule has 1 aliphatic heterocycles. The molecule has 0 saturated carbocycles. The first-order valence-electron chi connectivity index (χ1n) is 6.15. The van der Waals surface area contributed by atoms with Gasteiger partial charge in [0.2, 0.25) is 0 Å². The van der Waals surface area contributed by atoms with Crippen LogP contribution >= 0.6 is 0 Å². The molecule has 1 atom stereocenters.